The van der Waals surface area contributed by atoms with Gasteiger partial charge in [0.25, 0.3) is 16.8 Å². The van der Waals surface area contributed by atoms with Crippen LogP contribution in [-0.2, 0) is 4.79 Å². The number of imide groups is 1. The minimum absolute atomic E-state index is 0.0889. The monoisotopic (exact) mass is 464 g/mol. The average molecular weight is 464 g/mol. The van der Waals surface area contributed by atoms with E-state index in [0.29, 0.717) is 23.1 Å². The number of nitrogens with zero attached hydrogens (tertiary/aromatic N) is 2. The van der Waals surface area contributed by atoms with Gasteiger partial charge in [0.1, 0.15) is 17.3 Å². The van der Waals surface area contributed by atoms with Gasteiger partial charge in [0.15, 0.2) is 5.78 Å². The van der Waals surface area contributed by atoms with Gasteiger partial charge >= 0.3 is 0 Å². The molecule has 33 heavy (non-hydrogen) atoms. The van der Waals surface area contributed by atoms with Crippen LogP contribution < -0.4 is 4.74 Å². The summed E-state index contributed by atoms with van der Waals surface area (Å²) in [4.78, 5) is 49.3. The molecule has 0 saturated carbocycles. The van der Waals surface area contributed by atoms with Crippen LogP contribution in [0.5, 0.6) is 5.75 Å². The SMILES string of the molecule is COc1ccc(-c2ccc(/C=C3/SC(=O)N(CC(=O)c4ccccc4)C3=O)o2)c([N+](=O)[O-])c1. The Morgan fingerprint density at radius 3 is 2.61 bits per heavy atom. The molecule has 1 aliphatic rings. The molecule has 0 bridgehead atoms. The number of methoxy groups -OCH3 is 1. The van der Waals surface area contributed by atoms with Crippen LogP contribution in [0.4, 0.5) is 10.5 Å². The number of ether oxygens (including phenoxy) is 1. The predicted molar refractivity (Wildman–Crippen MR) is 121 cm³/mol. The molecular formula is C23H16N2O7S. The molecule has 9 nitrogen and oxygen atoms in total. The third-order valence-electron chi connectivity index (χ3n) is 4.84. The second-order valence-electron chi connectivity index (χ2n) is 6.90. The van der Waals surface area contributed by atoms with Crippen molar-refractivity contribution in [2.75, 3.05) is 13.7 Å². The molecule has 4 rings (SSSR count). The molecule has 2 amide bonds. The molecule has 1 fully saturated rings. The maximum Gasteiger partial charge on any atom is 0.293 e. The number of carbonyl (C=O) groups is 3. The molecule has 166 valence electrons. The van der Waals surface area contributed by atoms with E-state index in [1.54, 1.807) is 36.4 Å². The first-order chi connectivity index (χ1) is 15.9. The van der Waals surface area contributed by atoms with E-state index in [1.165, 1.54) is 37.5 Å². The molecule has 2 heterocycles. The van der Waals surface area contributed by atoms with E-state index in [2.05, 4.69) is 0 Å². The Kier molecular flexibility index (Phi) is 6.09. The first-order valence-corrected chi connectivity index (χ1v) is 10.5. The van der Waals surface area contributed by atoms with Crippen molar-refractivity contribution in [1.82, 2.24) is 4.90 Å². The summed E-state index contributed by atoms with van der Waals surface area (Å²) >= 11 is 0.693. The van der Waals surface area contributed by atoms with Crippen molar-refractivity contribution >= 4 is 40.5 Å². The van der Waals surface area contributed by atoms with Gasteiger partial charge in [0, 0.05) is 11.6 Å². The number of nitro groups is 1. The molecule has 0 aliphatic carbocycles. The van der Waals surface area contributed by atoms with E-state index in [0.717, 1.165) is 4.90 Å². The Balaban J connectivity index is 1.55. The Morgan fingerprint density at radius 2 is 1.91 bits per heavy atom. The number of benzene rings is 2. The lowest BCUT2D eigenvalue weighted by Gasteiger charge is -2.11. The van der Waals surface area contributed by atoms with Crippen molar-refractivity contribution in [2.45, 2.75) is 0 Å². The van der Waals surface area contributed by atoms with Gasteiger partial charge in [-0.1, -0.05) is 30.3 Å². The van der Waals surface area contributed by atoms with Crippen LogP contribution in [0.25, 0.3) is 17.4 Å². The number of furan rings is 1. The highest BCUT2D eigenvalue weighted by molar-refractivity contribution is 8.18. The van der Waals surface area contributed by atoms with Crippen molar-refractivity contribution in [2.24, 2.45) is 0 Å². The summed E-state index contributed by atoms with van der Waals surface area (Å²) in [5.74, 6) is -0.186. The van der Waals surface area contributed by atoms with Gasteiger partial charge in [-0.15, -0.1) is 0 Å². The van der Waals surface area contributed by atoms with Gasteiger partial charge in [0.05, 0.1) is 35.1 Å². The van der Waals surface area contributed by atoms with Crippen LogP contribution in [0.2, 0.25) is 0 Å². The molecule has 0 radical (unpaired) electrons. The lowest BCUT2D eigenvalue weighted by atomic mass is 10.1. The normalized spacial score (nSPS) is 14.7. The second kappa shape index (κ2) is 9.13. The fraction of sp³-hybridized carbons (Fsp3) is 0.0870. The first kappa shape index (κ1) is 22.0. The fourth-order valence-corrected chi connectivity index (χ4v) is 4.02. The predicted octanol–water partition coefficient (Wildman–Crippen LogP) is 4.78. The van der Waals surface area contributed by atoms with Gasteiger partial charge in [-0.3, -0.25) is 29.4 Å². The zero-order chi connectivity index (χ0) is 23.5. The quantitative estimate of drug-likeness (QED) is 0.212. The third-order valence-corrected chi connectivity index (χ3v) is 5.75. The molecule has 1 aliphatic heterocycles. The average Bonchev–Trinajstić information content (AvgIpc) is 3.39. The summed E-state index contributed by atoms with van der Waals surface area (Å²) in [7, 11) is 1.41. The second-order valence-corrected chi connectivity index (χ2v) is 7.89. The zero-order valence-corrected chi connectivity index (χ0v) is 18.0. The summed E-state index contributed by atoms with van der Waals surface area (Å²) in [5, 5.41) is 10.9. The number of nitro benzene ring substituents is 1. The lowest BCUT2D eigenvalue weighted by molar-refractivity contribution is -0.384. The van der Waals surface area contributed by atoms with Crippen LogP contribution in [0.3, 0.4) is 0 Å². The highest BCUT2D eigenvalue weighted by atomic mass is 32.2. The van der Waals surface area contributed by atoms with Crippen LogP contribution in [0, 0.1) is 10.1 Å². The van der Waals surface area contributed by atoms with Gasteiger partial charge in [-0.05, 0) is 36.0 Å². The Morgan fingerprint density at radius 1 is 1.15 bits per heavy atom. The summed E-state index contributed by atoms with van der Waals surface area (Å²) in [5.41, 5.74) is 0.439. The van der Waals surface area contributed by atoms with Crippen LogP contribution in [0.1, 0.15) is 16.1 Å². The molecule has 3 aromatic rings. The van der Waals surface area contributed by atoms with E-state index < -0.39 is 16.1 Å². The van der Waals surface area contributed by atoms with E-state index in [1.807, 2.05) is 0 Å². The number of hydrogen-bond acceptors (Lipinski definition) is 8. The first-order valence-electron chi connectivity index (χ1n) is 9.63. The summed E-state index contributed by atoms with van der Waals surface area (Å²) in [6.07, 6.45) is 1.37. The van der Waals surface area contributed by atoms with E-state index >= 15 is 0 Å². The molecule has 2 aromatic carbocycles. The van der Waals surface area contributed by atoms with Gasteiger partial charge in [0.2, 0.25) is 0 Å². The van der Waals surface area contributed by atoms with Crippen LogP contribution in [-0.4, -0.2) is 40.4 Å². The number of carbonyl (C=O) groups excluding carboxylic acids is 3. The molecule has 10 heteroatoms. The van der Waals surface area contributed by atoms with Crippen LogP contribution in [0.15, 0.2) is 70.0 Å². The van der Waals surface area contributed by atoms with Crippen molar-refractivity contribution in [1.29, 1.82) is 0 Å². The number of thioether (sulfide) groups is 1. The van der Waals surface area contributed by atoms with Gasteiger partial charge in [-0.25, -0.2) is 0 Å². The summed E-state index contributed by atoms with van der Waals surface area (Å²) < 4.78 is 10.7. The largest absolute Gasteiger partial charge is 0.497 e. The molecule has 0 N–H and O–H groups in total. The molecular weight excluding hydrogens is 448 g/mol. The van der Waals surface area contributed by atoms with Crippen molar-refractivity contribution in [3.05, 3.63) is 87.0 Å². The van der Waals surface area contributed by atoms with Crippen LogP contribution >= 0.6 is 11.8 Å². The number of amides is 2. The number of ketones is 1. The highest BCUT2D eigenvalue weighted by Gasteiger charge is 2.36. The van der Waals surface area contributed by atoms with Gasteiger partial charge in [-0.2, -0.15) is 0 Å². The van der Waals surface area contributed by atoms with Crippen molar-refractivity contribution in [3.63, 3.8) is 0 Å². The minimum atomic E-state index is -0.609. The Bertz CT molecular complexity index is 1300. The lowest BCUT2D eigenvalue weighted by Crippen LogP contribution is -2.33. The third kappa shape index (κ3) is 4.55. The van der Waals surface area contributed by atoms with E-state index in [9.17, 15) is 24.5 Å². The standard InChI is InChI=1S/C23H16N2O7S/c1-31-15-7-9-17(18(11-15)25(29)30)20-10-8-16(32-20)12-21-22(27)24(23(28)33-21)13-19(26)14-5-3-2-4-6-14/h2-12H,13H2,1H3/b21-12+. The Labute approximate surface area is 191 Å². The molecule has 1 aromatic heterocycles. The molecule has 0 atom stereocenters. The minimum Gasteiger partial charge on any atom is -0.497 e. The summed E-state index contributed by atoms with van der Waals surface area (Å²) in [6, 6.07) is 15.8. The van der Waals surface area contributed by atoms with Crippen molar-refractivity contribution < 1.29 is 28.5 Å². The number of rotatable bonds is 7. The topological polar surface area (TPSA) is 120 Å². The Hall–Kier alpha value is -4.18. The molecule has 1 saturated heterocycles. The maximum absolute atomic E-state index is 12.7. The number of hydrogen-bond donors (Lipinski definition) is 0. The van der Waals surface area contributed by atoms with E-state index in [4.69, 9.17) is 9.15 Å². The smallest absolute Gasteiger partial charge is 0.293 e. The highest BCUT2D eigenvalue weighted by Crippen LogP contribution is 2.36. The molecule has 0 unspecified atom stereocenters. The van der Waals surface area contributed by atoms with Gasteiger partial charge < -0.3 is 9.15 Å². The molecule has 0 spiro atoms. The zero-order valence-electron chi connectivity index (χ0n) is 17.2. The maximum atomic E-state index is 12.7. The fourth-order valence-electron chi connectivity index (χ4n) is 3.20. The number of Topliss-reactive ketones (excluding diaryl/α,β-unsaturated/α-hetero) is 1. The van der Waals surface area contributed by atoms with E-state index in [-0.39, 0.29) is 40.0 Å². The van der Waals surface area contributed by atoms with Crippen molar-refractivity contribution in [3.8, 4) is 17.1 Å². The summed E-state index contributed by atoms with van der Waals surface area (Å²) in [6.45, 7) is -0.368.